The van der Waals surface area contributed by atoms with Gasteiger partial charge in [-0.2, -0.15) is 0 Å². The lowest BCUT2D eigenvalue weighted by Crippen LogP contribution is -2.63. The minimum Gasteiger partial charge on any atom is -0.480 e. The highest BCUT2D eigenvalue weighted by atomic mass is 16.6. The van der Waals surface area contributed by atoms with Crippen LogP contribution in [0, 0.1) is 0 Å². The minimum absolute atomic E-state index is 0.0191. The Morgan fingerprint density at radius 3 is 2.62 bits per heavy atom. The van der Waals surface area contributed by atoms with E-state index >= 15 is 0 Å². The predicted octanol–water partition coefficient (Wildman–Crippen LogP) is -2.31. The highest BCUT2D eigenvalue weighted by molar-refractivity contribution is 5.75. The number of aliphatic hydroxyl groups excluding tert-OH is 1. The van der Waals surface area contributed by atoms with E-state index in [-0.39, 0.29) is 13.2 Å². The summed E-state index contributed by atoms with van der Waals surface area (Å²) in [5.74, 6) is -1.63. The number of rotatable bonds is 8. The van der Waals surface area contributed by atoms with Crippen LogP contribution in [0.1, 0.15) is 6.92 Å². The molecule has 5 unspecified atom stereocenters. The maximum atomic E-state index is 10.8. The molecule has 1 fully saturated rings. The molecule has 1 heterocycles. The molecule has 9 nitrogen and oxygen atoms in total. The molecule has 1 saturated heterocycles. The number of carboxylic acid groups (broad SMARTS) is 1. The molecule has 21 heavy (non-hydrogen) atoms. The molecule has 1 rings (SSSR count). The first-order valence-corrected chi connectivity index (χ1v) is 6.54. The Balaban J connectivity index is 2.62. The Kier molecular flexibility index (Phi) is 6.99. The number of hydrogen-bond acceptors (Lipinski definition) is 7. The first-order valence-electron chi connectivity index (χ1n) is 6.54. The molecule has 5 N–H and O–H groups in total. The Bertz CT molecular complexity index is 364. The van der Waals surface area contributed by atoms with Crippen LogP contribution in [-0.2, 0) is 23.8 Å². The van der Waals surface area contributed by atoms with Crippen LogP contribution in [0.5, 0.6) is 0 Å². The molecule has 0 aromatic carbocycles. The van der Waals surface area contributed by atoms with Gasteiger partial charge in [0.15, 0.2) is 0 Å². The second kappa shape index (κ2) is 8.25. The summed E-state index contributed by atoms with van der Waals surface area (Å²) in [5.41, 5.74) is 5.06. The number of ether oxygens (including phenoxy) is 3. The molecule has 0 aromatic heterocycles. The number of carboxylic acids is 1. The lowest BCUT2D eigenvalue weighted by Gasteiger charge is -2.43. The first kappa shape index (κ1) is 17.8. The number of aliphatic carboxylic acids is 1. The largest absolute Gasteiger partial charge is 0.480 e. The molecule has 0 radical (unpaired) electrons. The van der Waals surface area contributed by atoms with Crippen molar-refractivity contribution < 1.29 is 34.0 Å². The monoisotopic (exact) mass is 306 g/mol. The molecule has 0 bridgehead atoms. The topological polar surface area (TPSA) is 140 Å². The van der Waals surface area contributed by atoms with Crippen LogP contribution in [0.4, 0.5) is 0 Å². The summed E-state index contributed by atoms with van der Waals surface area (Å²) in [4.78, 5) is 21.2. The van der Waals surface area contributed by atoms with E-state index in [4.69, 9.17) is 25.1 Å². The van der Waals surface area contributed by atoms with Crippen LogP contribution in [0.25, 0.3) is 0 Å². The van der Waals surface area contributed by atoms with Gasteiger partial charge in [0, 0.05) is 7.11 Å². The summed E-state index contributed by atoms with van der Waals surface area (Å²) in [6, 6.07) is -0.529. The van der Waals surface area contributed by atoms with Crippen molar-refractivity contribution in [1.29, 1.82) is 0 Å². The second-order valence-electron chi connectivity index (χ2n) is 4.85. The van der Waals surface area contributed by atoms with Crippen molar-refractivity contribution in [1.82, 2.24) is 5.32 Å². The number of carbonyl (C=O) groups excluding carboxylic acids is 1. The highest BCUT2D eigenvalue weighted by Gasteiger charge is 2.43. The molecular weight excluding hydrogens is 284 g/mol. The van der Waals surface area contributed by atoms with Gasteiger partial charge in [0.25, 0.3) is 0 Å². The van der Waals surface area contributed by atoms with Gasteiger partial charge in [-0.25, -0.2) is 4.79 Å². The third kappa shape index (κ3) is 5.21. The van der Waals surface area contributed by atoms with E-state index in [0.717, 1.165) is 0 Å². The third-order valence-electron chi connectivity index (χ3n) is 3.26. The van der Waals surface area contributed by atoms with Gasteiger partial charge in [-0.15, -0.1) is 0 Å². The highest BCUT2D eigenvalue weighted by Crippen LogP contribution is 2.23. The SMILES string of the molecule is COC1C(COCC(=O)O)OC(C)C(NCC(N)=O)C1O. The summed E-state index contributed by atoms with van der Waals surface area (Å²) in [6.07, 6.45) is -2.69. The summed E-state index contributed by atoms with van der Waals surface area (Å²) >= 11 is 0. The van der Waals surface area contributed by atoms with E-state index in [9.17, 15) is 14.7 Å². The van der Waals surface area contributed by atoms with E-state index in [0.29, 0.717) is 0 Å². The van der Waals surface area contributed by atoms with Gasteiger partial charge in [0.05, 0.1) is 25.3 Å². The van der Waals surface area contributed by atoms with Gasteiger partial charge in [0.2, 0.25) is 5.91 Å². The fraction of sp³-hybridized carbons (Fsp3) is 0.833. The van der Waals surface area contributed by atoms with Crippen molar-refractivity contribution in [2.45, 2.75) is 37.4 Å². The van der Waals surface area contributed by atoms with Crippen LogP contribution < -0.4 is 11.1 Å². The molecule has 5 atom stereocenters. The molecule has 0 aliphatic carbocycles. The van der Waals surface area contributed by atoms with Gasteiger partial charge in [0.1, 0.15) is 24.9 Å². The molecule has 0 aromatic rings. The molecule has 1 aliphatic rings. The van der Waals surface area contributed by atoms with Gasteiger partial charge < -0.3 is 35.5 Å². The van der Waals surface area contributed by atoms with Crippen molar-refractivity contribution in [3.8, 4) is 0 Å². The summed E-state index contributed by atoms with van der Waals surface area (Å²) in [7, 11) is 1.41. The van der Waals surface area contributed by atoms with Crippen LogP contribution in [-0.4, -0.2) is 79.4 Å². The van der Waals surface area contributed by atoms with Gasteiger partial charge in [-0.1, -0.05) is 0 Å². The Morgan fingerprint density at radius 2 is 2.10 bits per heavy atom. The molecule has 1 amide bonds. The Labute approximate surface area is 122 Å². The van der Waals surface area contributed by atoms with Crippen LogP contribution in [0.3, 0.4) is 0 Å². The molecule has 0 spiro atoms. The molecule has 122 valence electrons. The summed E-state index contributed by atoms with van der Waals surface area (Å²) in [6.45, 7) is 1.16. The van der Waals surface area contributed by atoms with E-state index in [1.54, 1.807) is 6.92 Å². The smallest absolute Gasteiger partial charge is 0.329 e. The van der Waals surface area contributed by atoms with Crippen LogP contribution in [0.15, 0.2) is 0 Å². The van der Waals surface area contributed by atoms with Crippen molar-refractivity contribution in [3.05, 3.63) is 0 Å². The van der Waals surface area contributed by atoms with Crippen molar-refractivity contribution >= 4 is 11.9 Å². The second-order valence-corrected chi connectivity index (χ2v) is 4.85. The molecule has 9 heteroatoms. The van der Waals surface area contributed by atoms with E-state index < -0.39 is 48.9 Å². The molecule has 0 saturated carbocycles. The van der Waals surface area contributed by atoms with E-state index in [1.165, 1.54) is 7.11 Å². The maximum Gasteiger partial charge on any atom is 0.329 e. The van der Waals surface area contributed by atoms with Crippen molar-refractivity contribution in [2.24, 2.45) is 5.73 Å². The van der Waals surface area contributed by atoms with Crippen molar-refractivity contribution in [2.75, 3.05) is 26.9 Å². The molecular formula is C12H22N2O7. The van der Waals surface area contributed by atoms with Gasteiger partial charge >= 0.3 is 5.97 Å². The summed E-state index contributed by atoms with van der Waals surface area (Å²) in [5, 5.41) is 21.6. The average Bonchev–Trinajstić information content (AvgIpc) is 2.37. The van der Waals surface area contributed by atoms with Crippen LogP contribution in [0.2, 0.25) is 0 Å². The third-order valence-corrected chi connectivity index (χ3v) is 3.26. The standard InChI is InChI=1S/C12H22N2O7/c1-6-10(14-3-8(13)15)11(18)12(19-2)7(21-6)4-20-5-9(16)17/h6-7,10-12,14,18H,3-5H2,1-2H3,(H2,13,15)(H,16,17). The summed E-state index contributed by atoms with van der Waals surface area (Å²) < 4.78 is 15.9. The number of primary amides is 1. The number of nitrogens with one attached hydrogen (secondary N) is 1. The first-order chi connectivity index (χ1) is 9.86. The van der Waals surface area contributed by atoms with E-state index in [1.807, 2.05) is 0 Å². The van der Waals surface area contributed by atoms with Crippen molar-refractivity contribution in [3.63, 3.8) is 0 Å². The number of amides is 1. The average molecular weight is 306 g/mol. The fourth-order valence-corrected chi connectivity index (χ4v) is 2.33. The number of methoxy groups -OCH3 is 1. The number of aliphatic hydroxyl groups is 1. The van der Waals surface area contributed by atoms with Gasteiger partial charge in [-0.3, -0.25) is 4.79 Å². The molecule has 1 aliphatic heterocycles. The number of nitrogens with two attached hydrogens (primary N) is 1. The van der Waals surface area contributed by atoms with Crippen LogP contribution >= 0.6 is 0 Å². The fourth-order valence-electron chi connectivity index (χ4n) is 2.33. The zero-order valence-corrected chi connectivity index (χ0v) is 12.0. The lowest BCUT2D eigenvalue weighted by molar-refractivity contribution is -0.204. The number of carbonyl (C=O) groups is 2. The zero-order chi connectivity index (χ0) is 16.0. The van der Waals surface area contributed by atoms with Gasteiger partial charge in [-0.05, 0) is 6.92 Å². The predicted molar refractivity (Wildman–Crippen MR) is 70.6 cm³/mol. The Hall–Kier alpha value is -1.26. The zero-order valence-electron chi connectivity index (χ0n) is 12.0. The lowest BCUT2D eigenvalue weighted by atomic mass is 9.93. The minimum atomic E-state index is -1.09. The number of hydrogen-bond donors (Lipinski definition) is 4. The quantitative estimate of drug-likeness (QED) is 0.392. The van der Waals surface area contributed by atoms with E-state index in [2.05, 4.69) is 5.32 Å². The Morgan fingerprint density at radius 1 is 1.43 bits per heavy atom. The maximum absolute atomic E-state index is 10.8. The normalized spacial score (nSPS) is 32.8.